The average molecular weight is 654 g/mol. The zero-order valence-electron chi connectivity index (χ0n) is 27.7. The summed E-state index contributed by atoms with van der Waals surface area (Å²) in [5.41, 5.74) is 0.0330. The first-order valence-corrected chi connectivity index (χ1v) is 16.8. The van der Waals surface area contributed by atoms with Gasteiger partial charge in [-0.3, -0.25) is 4.79 Å². The van der Waals surface area contributed by atoms with Gasteiger partial charge in [0.2, 0.25) is 5.91 Å². The number of nitrogens with one attached hydrogen (secondary N) is 1. The van der Waals surface area contributed by atoms with Gasteiger partial charge in [0, 0.05) is 68.8 Å². The van der Waals surface area contributed by atoms with Gasteiger partial charge in [-0.2, -0.15) is 0 Å². The summed E-state index contributed by atoms with van der Waals surface area (Å²) < 4.78 is 40.6. The number of hydrogen-bond donors (Lipinski definition) is 4. The molecule has 2 heterocycles. The van der Waals surface area contributed by atoms with E-state index in [9.17, 15) is 28.6 Å². The number of carbonyl (C=O) groups excluding carboxylic acids is 2. The quantitative estimate of drug-likeness (QED) is 0.200. The van der Waals surface area contributed by atoms with Crippen molar-refractivity contribution in [2.24, 2.45) is 29.1 Å². The van der Waals surface area contributed by atoms with Crippen LogP contribution in [0.15, 0.2) is 12.1 Å². The van der Waals surface area contributed by atoms with E-state index in [0.29, 0.717) is 57.2 Å². The van der Waals surface area contributed by atoms with Gasteiger partial charge in [0.15, 0.2) is 0 Å². The lowest BCUT2D eigenvalue weighted by Gasteiger charge is -2.40. The van der Waals surface area contributed by atoms with Crippen LogP contribution in [0.25, 0.3) is 0 Å². The maximum absolute atomic E-state index is 14.8. The molecule has 0 radical (unpaired) electrons. The van der Waals surface area contributed by atoms with Crippen LogP contribution in [0.3, 0.4) is 0 Å². The minimum Gasteiger partial charge on any atom is -0.493 e. The maximum atomic E-state index is 14.8. The molecule has 0 bridgehead atoms. The SMILES string of the molecule is CC(C)OC(=O)N1CCC2(CC1)CC2CCCOc1cc(F)c(CC(=O)N2CC(CNCC(C)C(O)C(C)[C@H](O)CO)C2)c(F)c1. The van der Waals surface area contributed by atoms with Crippen LogP contribution >= 0.6 is 0 Å². The Morgan fingerprint density at radius 3 is 2.33 bits per heavy atom. The van der Waals surface area contributed by atoms with Crippen LogP contribution in [-0.2, 0) is 16.0 Å². The highest BCUT2D eigenvalue weighted by Gasteiger charge is 2.54. The van der Waals surface area contributed by atoms with E-state index in [4.69, 9.17) is 14.6 Å². The van der Waals surface area contributed by atoms with Crippen LogP contribution < -0.4 is 10.1 Å². The fourth-order valence-electron chi connectivity index (χ4n) is 6.93. The highest BCUT2D eigenvalue weighted by molar-refractivity contribution is 5.79. The predicted molar refractivity (Wildman–Crippen MR) is 168 cm³/mol. The van der Waals surface area contributed by atoms with E-state index in [1.165, 1.54) is 0 Å². The van der Waals surface area contributed by atoms with E-state index < -0.39 is 36.4 Å². The Labute approximate surface area is 271 Å². The van der Waals surface area contributed by atoms with Crippen molar-refractivity contribution in [2.45, 2.75) is 84.5 Å². The number of rotatable bonds is 16. The molecule has 5 atom stereocenters. The summed E-state index contributed by atoms with van der Waals surface area (Å²) in [5.74, 6) is -1.63. The van der Waals surface area contributed by atoms with Gasteiger partial charge in [0.05, 0.1) is 37.9 Å². The fraction of sp³-hybridized carbons (Fsp3) is 0.765. The van der Waals surface area contributed by atoms with Crippen molar-refractivity contribution in [3.8, 4) is 5.75 Å². The number of piperidine rings is 1. The summed E-state index contributed by atoms with van der Waals surface area (Å²) in [5, 5.41) is 32.5. The van der Waals surface area contributed by atoms with Crippen molar-refractivity contribution in [2.75, 3.05) is 52.5 Å². The van der Waals surface area contributed by atoms with Crippen molar-refractivity contribution in [3.63, 3.8) is 0 Å². The van der Waals surface area contributed by atoms with E-state index in [0.717, 1.165) is 44.2 Å². The molecule has 3 aliphatic rings. The second-order valence-electron chi connectivity index (χ2n) is 14.1. The van der Waals surface area contributed by atoms with Crippen LogP contribution in [0.1, 0.15) is 65.4 Å². The first-order chi connectivity index (χ1) is 21.8. The summed E-state index contributed by atoms with van der Waals surface area (Å²) in [6.07, 6.45) is 2.35. The van der Waals surface area contributed by atoms with E-state index in [2.05, 4.69) is 5.32 Å². The highest BCUT2D eigenvalue weighted by atomic mass is 19.1. The first-order valence-electron chi connectivity index (χ1n) is 16.8. The van der Waals surface area contributed by atoms with Crippen LogP contribution in [0.5, 0.6) is 5.75 Å². The van der Waals surface area contributed by atoms with Crippen molar-refractivity contribution in [1.29, 1.82) is 0 Å². The number of aliphatic hydroxyl groups is 3. The van der Waals surface area contributed by atoms with Crippen LogP contribution in [0.2, 0.25) is 0 Å². The zero-order chi connectivity index (χ0) is 33.6. The number of amides is 2. The van der Waals surface area contributed by atoms with Gasteiger partial charge in [-0.1, -0.05) is 13.8 Å². The van der Waals surface area contributed by atoms with Gasteiger partial charge in [-0.25, -0.2) is 13.6 Å². The molecule has 4 N–H and O–H groups in total. The standard InChI is InChI=1S/C34H53F2N3O7/c1-21(2)46-33(44)38-9-7-34(8-10-38)15-25(34)6-5-11-45-26-12-28(35)27(29(36)13-26)14-31(42)39-18-24(19-39)17-37-16-22(3)32(43)23(4)30(41)20-40/h12-13,21-25,30,32,37,40-41,43H,5-11,14-20H2,1-4H3/t22?,23?,25?,30-,32?/m1/s1. The number of carbonyl (C=O) groups is 2. The molecular formula is C34H53F2N3O7. The van der Waals surface area contributed by atoms with Crippen molar-refractivity contribution in [1.82, 2.24) is 15.1 Å². The number of likely N-dealkylation sites (tertiary alicyclic amines) is 2. The third-order valence-electron chi connectivity index (χ3n) is 10.2. The van der Waals surface area contributed by atoms with Crippen LogP contribution in [0, 0.1) is 40.7 Å². The summed E-state index contributed by atoms with van der Waals surface area (Å²) in [7, 11) is 0. The molecule has 1 aliphatic carbocycles. The van der Waals surface area contributed by atoms with E-state index in [1.54, 1.807) is 16.7 Å². The molecule has 10 nitrogen and oxygen atoms in total. The number of halogens is 2. The monoisotopic (exact) mass is 653 g/mol. The molecule has 1 aromatic rings. The van der Waals surface area contributed by atoms with Gasteiger partial charge >= 0.3 is 6.09 Å². The maximum Gasteiger partial charge on any atom is 0.410 e. The molecule has 2 amide bonds. The molecule has 2 saturated heterocycles. The smallest absolute Gasteiger partial charge is 0.410 e. The molecular weight excluding hydrogens is 600 g/mol. The molecule has 12 heteroatoms. The number of nitrogens with zero attached hydrogens (tertiary/aromatic N) is 2. The molecule has 1 aromatic carbocycles. The van der Waals surface area contributed by atoms with Crippen LogP contribution in [0.4, 0.5) is 13.6 Å². The van der Waals surface area contributed by atoms with E-state index in [-0.39, 0.29) is 47.7 Å². The molecule has 4 rings (SSSR count). The number of aliphatic hydroxyl groups excluding tert-OH is 3. The largest absolute Gasteiger partial charge is 0.493 e. The molecule has 1 spiro atoms. The van der Waals surface area contributed by atoms with Gasteiger partial charge in [0.25, 0.3) is 0 Å². The van der Waals surface area contributed by atoms with Crippen molar-refractivity contribution < 1.29 is 43.2 Å². The third kappa shape index (κ3) is 9.29. The molecule has 4 unspecified atom stereocenters. The van der Waals surface area contributed by atoms with Crippen LogP contribution in [-0.4, -0.2) is 108 Å². The Morgan fingerprint density at radius 2 is 1.72 bits per heavy atom. The fourth-order valence-corrected chi connectivity index (χ4v) is 6.93. The normalized spacial score (nSPS) is 21.9. The minimum absolute atomic E-state index is 0.114. The number of hydrogen-bond acceptors (Lipinski definition) is 8. The van der Waals surface area contributed by atoms with Gasteiger partial charge < -0.3 is 39.9 Å². The Balaban J connectivity index is 1.11. The molecule has 260 valence electrons. The molecule has 3 fully saturated rings. The summed E-state index contributed by atoms with van der Waals surface area (Å²) in [4.78, 5) is 28.2. The molecule has 2 aliphatic heterocycles. The lowest BCUT2D eigenvalue weighted by molar-refractivity contribution is -0.136. The molecule has 0 aromatic heterocycles. The van der Waals surface area contributed by atoms with E-state index in [1.807, 2.05) is 20.8 Å². The van der Waals surface area contributed by atoms with Gasteiger partial charge in [-0.05, 0) is 63.2 Å². The lowest BCUT2D eigenvalue weighted by atomic mass is 9.89. The first kappa shape index (κ1) is 36.3. The van der Waals surface area contributed by atoms with Crippen molar-refractivity contribution in [3.05, 3.63) is 29.3 Å². The van der Waals surface area contributed by atoms with E-state index >= 15 is 0 Å². The third-order valence-corrected chi connectivity index (χ3v) is 10.2. The van der Waals surface area contributed by atoms with Gasteiger partial charge in [-0.15, -0.1) is 0 Å². The topological polar surface area (TPSA) is 132 Å². The second kappa shape index (κ2) is 16.0. The summed E-state index contributed by atoms with van der Waals surface area (Å²) in [6, 6.07) is 2.30. The Morgan fingerprint density at radius 1 is 1.07 bits per heavy atom. The zero-order valence-corrected chi connectivity index (χ0v) is 27.7. The minimum atomic E-state index is -0.978. The van der Waals surface area contributed by atoms with Gasteiger partial charge in [0.1, 0.15) is 17.4 Å². The Kier molecular flexibility index (Phi) is 12.7. The predicted octanol–water partition coefficient (Wildman–Crippen LogP) is 3.35. The highest BCUT2D eigenvalue weighted by Crippen LogP contribution is 2.61. The average Bonchev–Trinajstić information content (AvgIpc) is 3.67. The summed E-state index contributed by atoms with van der Waals surface area (Å²) >= 11 is 0. The molecule has 1 saturated carbocycles. The second-order valence-corrected chi connectivity index (χ2v) is 14.1. The molecule has 46 heavy (non-hydrogen) atoms. The number of benzene rings is 1. The number of ether oxygens (including phenoxy) is 2. The lowest BCUT2D eigenvalue weighted by Crippen LogP contribution is -2.54. The van der Waals surface area contributed by atoms with Crippen molar-refractivity contribution >= 4 is 12.0 Å². The Hall–Kier alpha value is -2.54. The Bertz CT molecular complexity index is 1150. The summed E-state index contributed by atoms with van der Waals surface area (Å²) in [6.45, 7) is 10.7.